The smallest absolute Gasteiger partial charge is 0.417 e. The van der Waals surface area contributed by atoms with E-state index in [1.54, 1.807) is 6.92 Å². The maximum absolute atomic E-state index is 14.3. The van der Waals surface area contributed by atoms with Gasteiger partial charge in [0.1, 0.15) is 22.7 Å². The number of hydrogen-bond donors (Lipinski definition) is 1. The molecule has 0 bridgehead atoms. The van der Waals surface area contributed by atoms with Crippen LogP contribution in [0.15, 0.2) is 39.9 Å². The highest BCUT2D eigenvalue weighted by Gasteiger charge is 2.65. The number of ether oxygens (including phenoxy) is 2. The third-order valence-electron chi connectivity index (χ3n) is 6.68. The fraction of sp³-hybridized carbons (Fsp3) is 0.500. The van der Waals surface area contributed by atoms with Gasteiger partial charge in [-0.3, -0.25) is 4.79 Å². The van der Waals surface area contributed by atoms with E-state index >= 15 is 0 Å². The van der Waals surface area contributed by atoms with Gasteiger partial charge < -0.3 is 14.8 Å². The molecular weight excluding hydrogens is 502 g/mol. The maximum Gasteiger partial charge on any atom is 0.417 e. The number of rotatable bonds is 6. The first kappa shape index (κ1) is 27.9. The lowest BCUT2D eigenvalue weighted by atomic mass is 9.76. The first-order chi connectivity index (χ1) is 16.7. The third kappa shape index (κ3) is 4.93. The number of carbonyl (C=O) groups is 1. The zero-order valence-electron chi connectivity index (χ0n) is 20.8. The molecule has 1 amide bonds. The molecule has 7 nitrogen and oxygen atoms in total. The number of pyridine rings is 1. The van der Waals surface area contributed by atoms with Gasteiger partial charge in [0.15, 0.2) is 5.60 Å². The number of halogens is 4. The zero-order chi connectivity index (χ0) is 27.1. The average Bonchev–Trinajstić information content (AvgIpc) is 3.09. The van der Waals surface area contributed by atoms with Crippen molar-refractivity contribution in [2.75, 3.05) is 25.2 Å². The summed E-state index contributed by atoms with van der Waals surface area (Å²) in [7, 11) is -1.45. The second-order valence-corrected chi connectivity index (χ2v) is 11.2. The lowest BCUT2D eigenvalue weighted by molar-refractivity contribution is -0.272. The van der Waals surface area contributed by atoms with Crippen molar-refractivity contribution in [2.24, 2.45) is 10.3 Å². The van der Waals surface area contributed by atoms with Gasteiger partial charge in [-0.15, -0.1) is 0 Å². The molecule has 1 saturated heterocycles. The van der Waals surface area contributed by atoms with Gasteiger partial charge in [-0.2, -0.15) is 13.2 Å². The Labute approximate surface area is 207 Å². The average molecular weight is 532 g/mol. The van der Waals surface area contributed by atoms with Crippen LogP contribution in [-0.4, -0.2) is 52.9 Å². The minimum atomic E-state index is -4.79. The zero-order valence-corrected chi connectivity index (χ0v) is 21.6. The van der Waals surface area contributed by atoms with E-state index in [0.29, 0.717) is 0 Å². The van der Waals surface area contributed by atoms with Crippen molar-refractivity contribution in [3.8, 4) is 5.75 Å². The van der Waals surface area contributed by atoms with Gasteiger partial charge >= 0.3 is 6.18 Å². The number of nitrogens with zero attached hydrogens (tertiary/aromatic N) is 2. The first-order valence-corrected chi connectivity index (χ1v) is 13.1. The van der Waals surface area contributed by atoms with Crippen LogP contribution in [-0.2, 0) is 19.3 Å². The summed E-state index contributed by atoms with van der Waals surface area (Å²) in [4.78, 5) is 17.4. The van der Waals surface area contributed by atoms with E-state index < -0.39 is 51.2 Å². The molecule has 3 rings (SSSR count). The predicted molar refractivity (Wildman–Crippen MR) is 127 cm³/mol. The molecule has 1 aliphatic rings. The first-order valence-electron chi connectivity index (χ1n) is 11.2. The van der Waals surface area contributed by atoms with Crippen LogP contribution < -0.4 is 10.1 Å². The second-order valence-electron chi connectivity index (χ2n) is 8.84. The summed E-state index contributed by atoms with van der Waals surface area (Å²) in [5, 5.41) is 2.66. The minimum Gasteiger partial charge on any atom is -0.493 e. The molecule has 36 heavy (non-hydrogen) atoms. The molecular formula is C24H29F4N3O4S. The molecule has 2 aromatic rings. The fourth-order valence-corrected chi connectivity index (χ4v) is 5.10. The molecule has 1 fully saturated rings. The summed E-state index contributed by atoms with van der Waals surface area (Å²) < 4.78 is 84.2. The van der Waals surface area contributed by atoms with Crippen LogP contribution in [0, 0.1) is 18.7 Å². The topological polar surface area (TPSA) is 89.9 Å². The molecule has 2 heterocycles. The molecule has 0 unspecified atom stereocenters. The number of hydrogen-bond acceptors (Lipinski definition) is 6. The highest BCUT2D eigenvalue weighted by Crippen LogP contribution is 2.55. The Balaban J connectivity index is 2.09. The Kier molecular flexibility index (Phi) is 7.71. The van der Waals surface area contributed by atoms with E-state index in [9.17, 15) is 26.6 Å². The Morgan fingerprint density at radius 1 is 1.33 bits per heavy atom. The molecule has 0 spiro atoms. The van der Waals surface area contributed by atoms with Crippen LogP contribution in [0.25, 0.3) is 0 Å². The monoisotopic (exact) mass is 531 g/mol. The van der Waals surface area contributed by atoms with E-state index in [2.05, 4.69) is 14.7 Å². The number of nitrogens with one attached hydrogen (secondary N) is 1. The maximum atomic E-state index is 14.3. The van der Waals surface area contributed by atoms with Gasteiger partial charge in [0.05, 0.1) is 16.3 Å². The van der Waals surface area contributed by atoms with Crippen molar-refractivity contribution in [1.29, 1.82) is 0 Å². The Morgan fingerprint density at radius 2 is 2.00 bits per heavy atom. The quantitative estimate of drug-likeness (QED) is 0.525. The van der Waals surface area contributed by atoms with Gasteiger partial charge in [-0.25, -0.2) is 17.9 Å². The highest BCUT2D eigenvalue weighted by atomic mass is 32.2. The Hall–Kier alpha value is -2.73. The Morgan fingerprint density at radius 3 is 2.58 bits per heavy atom. The lowest BCUT2D eigenvalue weighted by Gasteiger charge is -2.32. The van der Waals surface area contributed by atoms with Crippen molar-refractivity contribution < 1.29 is 36.0 Å². The summed E-state index contributed by atoms with van der Waals surface area (Å²) >= 11 is 0. The fourth-order valence-electron chi connectivity index (χ4n) is 4.31. The van der Waals surface area contributed by atoms with Crippen molar-refractivity contribution in [3.05, 3.63) is 47.4 Å². The summed E-state index contributed by atoms with van der Waals surface area (Å²) in [6.07, 6.45) is -3.69. The molecule has 0 aliphatic carbocycles. The number of anilines is 1. The molecule has 0 radical (unpaired) electrons. The van der Waals surface area contributed by atoms with Crippen LogP contribution in [0.4, 0.5) is 23.2 Å². The number of amides is 1. The van der Waals surface area contributed by atoms with Gasteiger partial charge in [-0.05, 0) is 39.0 Å². The number of alkyl halides is 3. The van der Waals surface area contributed by atoms with Crippen LogP contribution in [0.2, 0.25) is 0 Å². The van der Waals surface area contributed by atoms with Crippen LogP contribution in [0.3, 0.4) is 0 Å². The van der Waals surface area contributed by atoms with Gasteiger partial charge in [0, 0.05) is 48.2 Å². The SMILES string of the molecule is CCOc1c([C@H]2[C@H](C(=O)Nc3ccnc([S@](C)(=O)=NC)c3)O[C@@](C)(C(F)(F)F)[C@H]2C)ccc(F)c1C. The van der Waals surface area contributed by atoms with Crippen LogP contribution in [0.1, 0.15) is 37.8 Å². The largest absolute Gasteiger partial charge is 0.493 e. The molecule has 5 atom stereocenters. The lowest BCUT2D eigenvalue weighted by Crippen LogP contribution is -2.47. The normalized spacial score (nSPS) is 25.8. The predicted octanol–water partition coefficient (Wildman–Crippen LogP) is 5.09. The number of carbonyl (C=O) groups excluding carboxylic acids is 1. The van der Waals surface area contributed by atoms with Crippen LogP contribution in [0.5, 0.6) is 5.75 Å². The van der Waals surface area contributed by atoms with E-state index in [1.165, 1.54) is 51.5 Å². The highest BCUT2D eigenvalue weighted by molar-refractivity contribution is 7.92. The van der Waals surface area contributed by atoms with Crippen molar-refractivity contribution in [1.82, 2.24) is 4.98 Å². The van der Waals surface area contributed by atoms with E-state index in [-0.39, 0.29) is 34.2 Å². The van der Waals surface area contributed by atoms with Crippen molar-refractivity contribution in [3.63, 3.8) is 0 Å². The molecule has 198 valence electrons. The molecule has 1 aromatic heterocycles. The van der Waals surface area contributed by atoms with Gasteiger partial charge in [0.25, 0.3) is 5.91 Å². The van der Waals surface area contributed by atoms with Gasteiger partial charge in [0.2, 0.25) is 0 Å². The van der Waals surface area contributed by atoms with E-state index in [4.69, 9.17) is 9.47 Å². The Bertz CT molecular complexity index is 1280. The minimum absolute atomic E-state index is 0.0867. The molecule has 1 aromatic carbocycles. The summed E-state index contributed by atoms with van der Waals surface area (Å²) in [6, 6.07) is 5.23. The van der Waals surface area contributed by atoms with Gasteiger partial charge in [-0.1, -0.05) is 13.0 Å². The molecule has 1 aliphatic heterocycles. The standard InChI is InChI=1S/C24H29F4N3O4S/c1-7-34-20-13(2)17(25)9-8-16(20)19-14(3)23(4,24(26,27)28)35-21(19)22(32)31-15-10-11-30-18(12-15)36(6,33)29-5/h8-12,14,19,21H,7H2,1-6H3,(H,30,31,32)/t14-,19-,21+,23+,36-/m0/s1. The third-order valence-corrected chi connectivity index (χ3v) is 8.38. The molecule has 1 N–H and O–H groups in total. The van der Waals surface area contributed by atoms with Crippen LogP contribution >= 0.6 is 0 Å². The van der Waals surface area contributed by atoms with Crippen molar-refractivity contribution >= 4 is 21.3 Å². The molecule has 0 saturated carbocycles. The summed E-state index contributed by atoms with van der Waals surface area (Å²) in [6.45, 7) is 5.52. The molecule has 12 heteroatoms. The second kappa shape index (κ2) is 9.97. The number of aromatic nitrogens is 1. The summed E-state index contributed by atoms with van der Waals surface area (Å²) in [5.74, 6) is -3.68. The summed E-state index contributed by atoms with van der Waals surface area (Å²) in [5.41, 5.74) is -2.12. The number of benzene rings is 1. The van der Waals surface area contributed by atoms with E-state index in [1.807, 2.05) is 0 Å². The van der Waals surface area contributed by atoms with Crippen molar-refractivity contribution in [2.45, 2.75) is 56.5 Å². The van der Waals surface area contributed by atoms with E-state index in [0.717, 1.165) is 13.0 Å².